The van der Waals surface area contributed by atoms with Crippen molar-refractivity contribution in [3.8, 4) is 0 Å². The van der Waals surface area contributed by atoms with E-state index < -0.39 is 6.29 Å². The van der Waals surface area contributed by atoms with Crippen molar-refractivity contribution in [3.05, 3.63) is 35.9 Å². The number of rotatable bonds is 4. The lowest BCUT2D eigenvalue weighted by molar-refractivity contribution is -0.231. The van der Waals surface area contributed by atoms with Crippen LogP contribution in [0.5, 0.6) is 0 Å². The van der Waals surface area contributed by atoms with Gasteiger partial charge in [-0.25, -0.2) is 0 Å². The SMILES string of the molecule is OC1COC[C@H](COCc2ccccc2)O1. The van der Waals surface area contributed by atoms with Crippen LogP contribution in [0.3, 0.4) is 0 Å². The molecule has 4 nitrogen and oxygen atoms in total. The first-order valence-corrected chi connectivity index (χ1v) is 5.37. The molecular weight excluding hydrogens is 208 g/mol. The summed E-state index contributed by atoms with van der Waals surface area (Å²) in [5, 5.41) is 9.19. The smallest absolute Gasteiger partial charge is 0.178 e. The molecule has 0 aliphatic carbocycles. The Bertz CT molecular complexity index is 301. The normalized spacial score (nSPS) is 25.6. The van der Waals surface area contributed by atoms with E-state index in [0.717, 1.165) is 5.56 Å². The van der Waals surface area contributed by atoms with Crippen LogP contribution in [0.2, 0.25) is 0 Å². The molecule has 1 saturated heterocycles. The second kappa shape index (κ2) is 5.96. The maximum absolute atomic E-state index is 9.19. The van der Waals surface area contributed by atoms with Gasteiger partial charge in [-0.05, 0) is 5.56 Å². The lowest BCUT2D eigenvalue weighted by Crippen LogP contribution is -2.38. The topological polar surface area (TPSA) is 47.9 Å². The van der Waals surface area contributed by atoms with E-state index in [1.165, 1.54) is 0 Å². The Morgan fingerprint density at radius 3 is 2.81 bits per heavy atom. The zero-order valence-electron chi connectivity index (χ0n) is 9.04. The Morgan fingerprint density at radius 2 is 2.06 bits per heavy atom. The molecule has 88 valence electrons. The van der Waals surface area contributed by atoms with Gasteiger partial charge in [-0.15, -0.1) is 0 Å². The summed E-state index contributed by atoms with van der Waals surface area (Å²) < 4.78 is 15.9. The highest BCUT2D eigenvalue weighted by molar-refractivity contribution is 5.13. The third kappa shape index (κ3) is 3.57. The van der Waals surface area contributed by atoms with Crippen molar-refractivity contribution in [3.63, 3.8) is 0 Å². The monoisotopic (exact) mass is 224 g/mol. The Labute approximate surface area is 94.8 Å². The Balaban J connectivity index is 1.68. The van der Waals surface area contributed by atoms with Crippen LogP contribution < -0.4 is 0 Å². The van der Waals surface area contributed by atoms with Crippen LogP contribution in [0.15, 0.2) is 30.3 Å². The molecule has 0 bridgehead atoms. The quantitative estimate of drug-likeness (QED) is 0.826. The molecule has 1 aromatic rings. The van der Waals surface area contributed by atoms with Gasteiger partial charge in [-0.3, -0.25) is 0 Å². The third-order valence-electron chi connectivity index (χ3n) is 2.33. The fourth-order valence-corrected chi connectivity index (χ4v) is 1.57. The van der Waals surface area contributed by atoms with E-state index in [9.17, 15) is 5.11 Å². The first-order valence-electron chi connectivity index (χ1n) is 5.37. The predicted octanol–water partition coefficient (Wildman–Crippen LogP) is 0.937. The molecule has 4 heteroatoms. The van der Waals surface area contributed by atoms with E-state index in [-0.39, 0.29) is 12.7 Å². The minimum Gasteiger partial charge on any atom is -0.374 e. The van der Waals surface area contributed by atoms with Crippen molar-refractivity contribution in [1.29, 1.82) is 0 Å². The van der Waals surface area contributed by atoms with Gasteiger partial charge >= 0.3 is 0 Å². The lowest BCUT2D eigenvalue weighted by atomic mass is 10.2. The summed E-state index contributed by atoms with van der Waals surface area (Å²) in [6.07, 6.45) is -0.994. The minimum absolute atomic E-state index is 0.174. The molecule has 1 fully saturated rings. The molecular formula is C12H16O4. The van der Waals surface area contributed by atoms with E-state index in [4.69, 9.17) is 14.2 Å². The molecule has 0 saturated carbocycles. The van der Waals surface area contributed by atoms with Crippen molar-refractivity contribution in [1.82, 2.24) is 0 Å². The van der Waals surface area contributed by atoms with Crippen LogP contribution in [0.25, 0.3) is 0 Å². The van der Waals surface area contributed by atoms with Crippen molar-refractivity contribution in [2.75, 3.05) is 19.8 Å². The molecule has 1 unspecified atom stereocenters. The summed E-state index contributed by atoms with van der Waals surface area (Å²) in [5.41, 5.74) is 1.12. The molecule has 0 amide bonds. The number of hydrogen-bond acceptors (Lipinski definition) is 4. The third-order valence-corrected chi connectivity index (χ3v) is 2.33. The summed E-state index contributed by atoms with van der Waals surface area (Å²) in [6, 6.07) is 9.93. The van der Waals surface area contributed by atoms with Crippen molar-refractivity contribution < 1.29 is 19.3 Å². The van der Waals surface area contributed by atoms with E-state index in [0.29, 0.717) is 19.8 Å². The van der Waals surface area contributed by atoms with Gasteiger partial charge in [0.25, 0.3) is 0 Å². The number of benzene rings is 1. The van der Waals surface area contributed by atoms with Crippen LogP contribution in [-0.2, 0) is 20.8 Å². The van der Waals surface area contributed by atoms with Gasteiger partial charge < -0.3 is 19.3 Å². The number of hydrogen-bond donors (Lipinski definition) is 1. The molecule has 0 radical (unpaired) electrons. The average Bonchev–Trinajstić information content (AvgIpc) is 2.30. The average molecular weight is 224 g/mol. The molecule has 1 aromatic carbocycles. The van der Waals surface area contributed by atoms with E-state index in [1.807, 2.05) is 30.3 Å². The highest BCUT2D eigenvalue weighted by Gasteiger charge is 2.20. The summed E-state index contributed by atoms with van der Waals surface area (Å²) in [4.78, 5) is 0. The Kier molecular flexibility index (Phi) is 4.30. The summed E-state index contributed by atoms with van der Waals surface area (Å²) in [7, 11) is 0. The Morgan fingerprint density at radius 1 is 1.25 bits per heavy atom. The zero-order chi connectivity index (χ0) is 11.2. The number of aliphatic hydroxyl groups excluding tert-OH is 1. The molecule has 16 heavy (non-hydrogen) atoms. The highest BCUT2D eigenvalue weighted by atomic mass is 16.7. The first-order chi connectivity index (χ1) is 7.84. The van der Waals surface area contributed by atoms with Gasteiger partial charge in [-0.1, -0.05) is 30.3 Å². The second-order valence-corrected chi connectivity index (χ2v) is 3.75. The highest BCUT2D eigenvalue weighted by Crippen LogP contribution is 2.07. The van der Waals surface area contributed by atoms with Crippen LogP contribution in [0.1, 0.15) is 5.56 Å². The zero-order valence-corrected chi connectivity index (χ0v) is 9.04. The van der Waals surface area contributed by atoms with E-state index in [1.54, 1.807) is 0 Å². The van der Waals surface area contributed by atoms with Gasteiger partial charge in [0.15, 0.2) is 6.29 Å². The van der Waals surface area contributed by atoms with Gasteiger partial charge in [-0.2, -0.15) is 0 Å². The lowest BCUT2D eigenvalue weighted by Gasteiger charge is -2.26. The molecule has 1 heterocycles. The minimum atomic E-state index is -0.820. The fourth-order valence-electron chi connectivity index (χ4n) is 1.57. The van der Waals surface area contributed by atoms with Crippen molar-refractivity contribution in [2.45, 2.75) is 19.0 Å². The van der Waals surface area contributed by atoms with E-state index >= 15 is 0 Å². The fraction of sp³-hybridized carbons (Fsp3) is 0.500. The van der Waals surface area contributed by atoms with Gasteiger partial charge in [0.1, 0.15) is 6.10 Å². The van der Waals surface area contributed by atoms with Crippen LogP contribution in [0, 0.1) is 0 Å². The van der Waals surface area contributed by atoms with Crippen LogP contribution in [-0.4, -0.2) is 37.3 Å². The maximum Gasteiger partial charge on any atom is 0.178 e. The second-order valence-electron chi connectivity index (χ2n) is 3.75. The molecule has 1 N–H and O–H groups in total. The van der Waals surface area contributed by atoms with Gasteiger partial charge in [0.05, 0.1) is 26.4 Å². The summed E-state index contributed by atoms with van der Waals surface area (Å²) in [6.45, 7) is 1.71. The van der Waals surface area contributed by atoms with Gasteiger partial charge in [0, 0.05) is 0 Å². The first kappa shape index (κ1) is 11.5. The molecule has 1 aliphatic heterocycles. The standard InChI is InChI=1S/C12H16O4/c13-12-9-15-8-11(16-12)7-14-6-10-4-2-1-3-5-10/h1-5,11-13H,6-9H2/t11-,12?/m0/s1. The predicted molar refractivity (Wildman–Crippen MR) is 57.8 cm³/mol. The van der Waals surface area contributed by atoms with Crippen LogP contribution in [0.4, 0.5) is 0 Å². The van der Waals surface area contributed by atoms with Gasteiger partial charge in [0.2, 0.25) is 0 Å². The summed E-state index contributed by atoms with van der Waals surface area (Å²) in [5.74, 6) is 0. The molecule has 1 aliphatic rings. The van der Waals surface area contributed by atoms with Crippen molar-refractivity contribution >= 4 is 0 Å². The van der Waals surface area contributed by atoms with E-state index in [2.05, 4.69) is 0 Å². The largest absolute Gasteiger partial charge is 0.374 e. The van der Waals surface area contributed by atoms with Crippen molar-refractivity contribution in [2.24, 2.45) is 0 Å². The number of aliphatic hydroxyl groups is 1. The molecule has 2 atom stereocenters. The molecule has 0 aromatic heterocycles. The molecule has 2 rings (SSSR count). The maximum atomic E-state index is 9.19. The Hall–Kier alpha value is -0.940. The number of ether oxygens (including phenoxy) is 3. The van der Waals surface area contributed by atoms with Crippen LogP contribution >= 0.6 is 0 Å². The molecule has 0 spiro atoms. The summed E-state index contributed by atoms with van der Waals surface area (Å²) >= 11 is 0.